The number of fused-ring (bicyclic) bond motifs is 2. The van der Waals surface area contributed by atoms with Crippen molar-refractivity contribution < 1.29 is 37.2 Å². The number of methoxy groups -OCH3 is 1. The minimum atomic E-state index is -3.82. The fourth-order valence-corrected chi connectivity index (χ4v) is 7.43. The summed E-state index contributed by atoms with van der Waals surface area (Å²) in [5.41, 5.74) is 0.568. The van der Waals surface area contributed by atoms with Crippen LogP contribution in [0.1, 0.15) is 20.1 Å². The van der Waals surface area contributed by atoms with Gasteiger partial charge >= 0.3 is 12.6 Å². The van der Waals surface area contributed by atoms with Crippen LogP contribution in [0.4, 0.5) is 20.5 Å². The molecule has 2 aromatic heterocycles. The third-order valence-corrected chi connectivity index (χ3v) is 9.30. The highest BCUT2D eigenvalue weighted by Crippen LogP contribution is 2.73. The van der Waals surface area contributed by atoms with Gasteiger partial charge in [0.1, 0.15) is 11.8 Å². The van der Waals surface area contributed by atoms with Crippen molar-refractivity contribution in [2.24, 2.45) is 0 Å². The van der Waals surface area contributed by atoms with Crippen LogP contribution in [0.2, 0.25) is 0 Å². The van der Waals surface area contributed by atoms with Gasteiger partial charge < -0.3 is 29.7 Å². The number of benzene rings is 1. The van der Waals surface area contributed by atoms with Gasteiger partial charge in [-0.25, -0.2) is 18.9 Å². The first kappa shape index (κ1) is 28.5. The standard InChI is InChI=1S/C23H28F2N7O6PS/c1-12(17(33)35-5)30-39(40,37-13-9-7-6-8-10-13)38-18-22(34)21(2,24)19(36-23(18,22)25)32-11-27-14-15(31(3)4)28-20(26)29-16(14)32/h6-12,18-19,34H,1-5H3,(H,30,40)(H2,26,28,29)/t12-,18?,19+,21-,22-,23+,39?/m0/s1. The predicted octanol–water partition coefficient (Wildman–Crippen LogP) is 1.98. The van der Waals surface area contributed by atoms with E-state index >= 15 is 8.78 Å². The van der Waals surface area contributed by atoms with Gasteiger partial charge in [-0.05, 0) is 37.8 Å². The van der Waals surface area contributed by atoms with Gasteiger partial charge in [0.25, 0.3) is 5.85 Å². The molecule has 1 saturated heterocycles. The van der Waals surface area contributed by atoms with Crippen LogP contribution < -0.4 is 20.2 Å². The Balaban J connectivity index is 1.47. The van der Waals surface area contributed by atoms with Gasteiger partial charge in [0.15, 0.2) is 40.6 Å². The molecule has 2 fully saturated rings. The molecule has 2 unspecified atom stereocenters. The van der Waals surface area contributed by atoms with E-state index < -0.39 is 48.1 Å². The highest BCUT2D eigenvalue weighted by molar-refractivity contribution is 8.09. The molecular formula is C23H28F2N7O6PS. The Morgan fingerprint density at radius 1 is 1.32 bits per heavy atom. The van der Waals surface area contributed by atoms with E-state index in [0.29, 0.717) is 5.82 Å². The second kappa shape index (κ2) is 9.53. The van der Waals surface area contributed by atoms with Crippen LogP contribution >= 0.6 is 6.64 Å². The van der Waals surface area contributed by atoms with Gasteiger partial charge in [-0.2, -0.15) is 9.97 Å². The number of rotatable bonds is 9. The summed E-state index contributed by atoms with van der Waals surface area (Å²) in [6.45, 7) is -1.42. The number of hydrogen-bond acceptors (Lipinski definition) is 12. The average Bonchev–Trinajstić information content (AvgIpc) is 3.13. The van der Waals surface area contributed by atoms with E-state index in [2.05, 4.69) is 20.0 Å². The number of nitrogen functional groups attached to an aromatic ring is 1. The first-order chi connectivity index (χ1) is 18.7. The first-order valence-electron chi connectivity index (χ1n) is 12.0. The first-order valence-corrected chi connectivity index (χ1v) is 14.7. The highest BCUT2D eigenvalue weighted by Gasteiger charge is 2.96. The van der Waals surface area contributed by atoms with Crippen molar-refractivity contribution in [3.8, 4) is 5.75 Å². The van der Waals surface area contributed by atoms with E-state index in [9.17, 15) is 9.90 Å². The van der Waals surface area contributed by atoms with Gasteiger partial charge in [0.2, 0.25) is 5.95 Å². The molecule has 0 amide bonds. The number of nitrogens with one attached hydrogen (secondary N) is 1. The van der Waals surface area contributed by atoms with Gasteiger partial charge in [0.05, 0.1) is 13.4 Å². The minimum absolute atomic E-state index is 0.0714. The normalized spacial score (nSPS) is 31.3. The number of imidazole rings is 1. The highest BCUT2D eigenvalue weighted by atomic mass is 32.5. The number of aliphatic hydroxyl groups is 1. The maximum atomic E-state index is 16.5. The summed E-state index contributed by atoms with van der Waals surface area (Å²) in [5, 5.41) is 14.1. The summed E-state index contributed by atoms with van der Waals surface area (Å²) < 4.78 is 55.7. The molecule has 1 aliphatic carbocycles. The number of esters is 1. The summed E-state index contributed by atoms with van der Waals surface area (Å²) in [7, 11) is 4.59. The SMILES string of the molecule is COC(=O)[C@H](C)NP(=S)(Oc1ccccc1)OC1[C@]2(O)[C@@](C)(F)[C@H](n3cnc4c(N(C)C)nc(N)nc43)O[C@]12F. The minimum Gasteiger partial charge on any atom is -0.468 e. The van der Waals surface area contributed by atoms with Crippen molar-refractivity contribution in [1.82, 2.24) is 24.6 Å². The second-order valence-electron chi connectivity index (χ2n) is 9.84. The molecular weight excluding hydrogens is 571 g/mol. The number of nitrogens with zero attached hydrogens (tertiary/aromatic N) is 5. The van der Waals surface area contributed by atoms with E-state index in [-0.39, 0.29) is 22.9 Å². The number of carbonyl (C=O) groups is 1. The topological polar surface area (TPSA) is 159 Å². The molecule has 1 aliphatic heterocycles. The lowest BCUT2D eigenvalue weighted by Crippen LogP contribution is -2.45. The van der Waals surface area contributed by atoms with Crippen LogP contribution in [0.3, 0.4) is 0 Å². The fourth-order valence-electron chi connectivity index (χ4n) is 4.74. The molecule has 3 aromatic rings. The number of hydrogen-bond donors (Lipinski definition) is 3. The molecule has 5 rings (SSSR count). The molecule has 2 aliphatic rings. The van der Waals surface area contributed by atoms with Crippen LogP contribution in [0, 0.1) is 0 Å². The lowest BCUT2D eigenvalue weighted by Gasteiger charge is -2.32. The van der Waals surface area contributed by atoms with Crippen molar-refractivity contribution in [3.05, 3.63) is 36.7 Å². The number of aromatic nitrogens is 4. The van der Waals surface area contributed by atoms with Crippen molar-refractivity contribution in [2.75, 3.05) is 31.8 Å². The molecule has 0 bridgehead atoms. The summed E-state index contributed by atoms with van der Waals surface area (Å²) in [6, 6.07) is 7.14. The molecule has 1 saturated carbocycles. The van der Waals surface area contributed by atoms with Crippen molar-refractivity contribution >= 4 is 47.3 Å². The van der Waals surface area contributed by atoms with Crippen molar-refractivity contribution in [1.29, 1.82) is 0 Å². The summed E-state index contributed by atoms with van der Waals surface area (Å²) in [5.74, 6) is -3.27. The lowest BCUT2D eigenvalue weighted by molar-refractivity contribution is -0.155. The number of para-hydroxylation sites is 1. The van der Waals surface area contributed by atoms with Crippen LogP contribution in [0.15, 0.2) is 36.7 Å². The molecule has 216 valence electrons. The molecule has 0 spiro atoms. The van der Waals surface area contributed by atoms with E-state index in [1.54, 1.807) is 49.3 Å². The Morgan fingerprint density at radius 2 is 2.00 bits per heavy atom. The Hall–Kier alpha value is -3.01. The molecule has 7 atom stereocenters. The maximum absolute atomic E-state index is 16.5. The average molecular weight is 600 g/mol. The zero-order valence-electron chi connectivity index (χ0n) is 22.1. The van der Waals surface area contributed by atoms with Gasteiger partial charge in [0, 0.05) is 14.1 Å². The van der Waals surface area contributed by atoms with Crippen LogP contribution in [0.25, 0.3) is 11.2 Å². The fraction of sp³-hybridized carbons (Fsp3) is 0.478. The lowest BCUT2D eigenvalue weighted by atomic mass is 9.97. The summed E-state index contributed by atoms with van der Waals surface area (Å²) >= 11 is 5.56. The smallest absolute Gasteiger partial charge is 0.323 e. The van der Waals surface area contributed by atoms with Gasteiger partial charge in [-0.15, -0.1) is 0 Å². The molecule has 40 heavy (non-hydrogen) atoms. The third-order valence-electron chi connectivity index (χ3n) is 6.86. The van der Waals surface area contributed by atoms with Crippen molar-refractivity contribution in [2.45, 2.75) is 49.3 Å². The second-order valence-corrected chi connectivity index (χ2v) is 12.9. The zero-order chi connectivity index (χ0) is 29.3. The number of carbonyl (C=O) groups excluding carboxylic acids is 1. The largest absolute Gasteiger partial charge is 0.468 e. The zero-order valence-corrected chi connectivity index (χ0v) is 23.8. The van der Waals surface area contributed by atoms with Gasteiger partial charge in [-0.1, -0.05) is 18.2 Å². The maximum Gasteiger partial charge on any atom is 0.323 e. The quantitative estimate of drug-likeness (QED) is 0.242. The predicted molar refractivity (Wildman–Crippen MR) is 143 cm³/mol. The molecule has 1 aromatic carbocycles. The van der Waals surface area contributed by atoms with Crippen molar-refractivity contribution in [3.63, 3.8) is 0 Å². The van der Waals surface area contributed by atoms with Crippen LogP contribution in [-0.4, -0.2) is 81.1 Å². The molecule has 17 heteroatoms. The number of anilines is 2. The molecule has 13 nitrogen and oxygen atoms in total. The molecule has 3 heterocycles. The number of nitrogens with two attached hydrogens (primary N) is 1. The Morgan fingerprint density at radius 3 is 2.58 bits per heavy atom. The van der Waals surface area contributed by atoms with E-state index in [1.807, 2.05) is 0 Å². The summed E-state index contributed by atoms with van der Waals surface area (Å²) in [6.07, 6.45) is -2.43. The van der Waals surface area contributed by atoms with E-state index in [1.165, 1.54) is 20.4 Å². The molecule has 4 N–H and O–H groups in total. The number of alkyl halides is 2. The molecule has 0 radical (unpaired) electrons. The third kappa shape index (κ3) is 4.21. The number of ether oxygens (including phenoxy) is 2. The van der Waals surface area contributed by atoms with Gasteiger partial charge in [-0.3, -0.25) is 13.9 Å². The Kier molecular flexibility index (Phi) is 6.80. The van der Waals surface area contributed by atoms with E-state index in [0.717, 1.165) is 11.5 Å². The van der Waals surface area contributed by atoms with Crippen LogP contribution in [-0.2, 0) is 30.6 Å². The summed E-state index contributed by atoms with van der Waals surface area (Å²) in [4.78, 5) is 26.2. The Bertz CT molecular complexity index is 1510. The van der Waals surface area contributed by atoms with Crippen LogP contribution in [0.5, 0.6) is 5.75 Å². The van der Waals surface area contributed by atoms with E-state index in [4.69, 9.17) is 36.1 Å². The monoisotopic (exact) mass is 599 g/mol. The Labute approximate surface area is 232 Å². The number of halogens is 2.